The topological polar surface area (TPSA) is 125 Å². The van der Waals surface area contributed by atoms with E-state index in [2.05, 4.69) is 5.48 Å². The molecule has 198 valence electrons. The van der Waals surface area contributed by atoms with Crippen LogP contribution in [0.25, 0.3) is 0 Å². The predicted molar refractivity (Wildman–Crippen MR) is 138 cm³/mol. The van der Waals surface area contributed by atoms with Gasteiger partial charge < -0.3 is 14.6 Å². The zero-order chi connectivity index (χ0) is 27.0. The number of nitrogens with one attached hydrogen (secondary N) is 1. The van der Waals surface area contributed by atoms with Crippen LogP contribution >= 0.6 is 0 Å². The van der Waals surface area contributed by atoms with Crippen molar-refractivity contribution in [2.75, 3.05) is 6.61 Å². The van der Waals surface area contributed by atoms with Crippen molar-refractivity contribution in [3.8, 4) is 0 Å². The molecule has 0 aliphatic carbocycles. The highest BCUT2D eigenvalue weighted by molar-refractivity contribution is 5.89. The van der Waals surface area contributed by atoms with Crippen molar-refractivity contribution < 1.29 is 34.2 Å². The molecule has 1 heterocycles. The first-order valence-electron chi connectivity index (χ1n) is 12.1. The molecule has 3 N–H and O–H groups in total. The maximum absolute atomic E-state index is 12.0. The van der Waals surface area contributed by atoms with E-state index in [4.69, 9.17) is 14.6 Å². The Balaban J connectivity index is 0.000000449. The number of carbonyl (C=O) groups excluding carboxylic acids is 2. The first kappa shape index (κ1) is 29.3. The predicted octanol–water partition coefficient (Wildman–Crippen LogP) is 4.76. The van der Waals surface area contributed by atoms with Crippen LogP contribution in [0, 0.1) is 0 Å². The number of hydrogen-bond donors (Lipinski definition) is 3. The molecular formula is C28H34N2O7. The van der Waals surface area contributed by atoms with Crippen molar-refractivity contribution in [3.05, 3.63) is 95.8 Å². The molecule has 0 saturated carbocycles. The molecule has 1 saturated heterocycles. The van der Waals surface area contributed by atoms with E-state index in [9.17, 15) is 19.6 Å². The first-order chi connectivity index (χ1) is 17.8. The van der Waals surface area contributed by atoms with E-state index in [0.717, 1.165) is 12.8 Å². The standard InChI is InChI=1S/C21H28N2O5.C7H6O2/c1-3-4-10-18(22-26)13-14-23(16(2)24)20-12-11-19(28-20)15-27-21(25)17-8-6-5-7-9-17;8-7(9)6-4-2-1-3-5-6/h5-10,13-14,19-20,22,26H,3-4,11-12,15H2,1-2H3;1-5H,(H,8,9)/b14-13-,18-10?;. The van der Waals surface area contributed by atoms with E-state index in [-0.39, 0.29) is 18.6 Å². The van der Waals surface area contributed by atoms with Crippen molar-refractivity contribution in [2.24, 2.45) is 0 Å². The summed E-state index contributed by atoms with van der Waals surface area (Å²) in [5, 5.41) is 17.6. The van der Waals surface area contributed by atoms with Gasteiger partial charge in [0.1, 0.15) is 12.8 Å². The summed E-state index contributed by atoms with van der Waals surface area (Å²) in [6.07, 6.45) is 7.44. The minimum absolute atomic E-state index is 0.138. The third-order valence-corrected chi connectivity index (χ3v) is 5.39. The molecular weight excluding hydrogens is 476 g/mol. The number of nitrogens with zero attached hydrogens (tertiary/aromatic N) is 1. The molecule has 1 aliphatic heterocycles. The van der Waals surface area contributed by atoms with Gasteiger partial charge in [-0.3, -0.25) is 20.4 Å². The number of esters is 1. The zero-order valence-corrected chi connectivity index (χ0v) is 21.1. The van der Waals surface area contributed by atoms with E-state index >= 15 is 0 Å². The fraction of sp³-hybridized carbons (Fsp3) is 0.321. The molecule has 2 atom stereocenters. The molecule has 1 aliphatic rings. The van der Waals surface area contributed by atoms with Crippen LogP contribution < -0.4 is 5.48 Å². The van der Waals surface area contributed by atoms with E-state index in [1.807, 2.05) is 19.1 Å². The summed E-state index contributed by atoms with van der Waals surface area (Å²) in [6, 6.07) is 17.1. The number of hydrogen-bond acceptors (Lipinski definition) is 7. The lowest BCUT2D eigenvalue weighted by Crippen LogP contribution is -2.35. The average molecular weight is 511 g/mol. The smallest absolute Gasteiger partial charge is 0.338 e. The van der Waals surface area contributed by atoms with E-state index in [0.29, 0.717) is 29.7 Å². The van der Waals surface area contributed by atoms with Gasteiger partial charge in [0.05, 0.1) is 22.9 Å². The molecule has 2 aromatic rings. The number of unbranched alkanes of at least 4 members (excludes halogenated alkanes) is 1. The molecule has 37 heavy (non-hydrogen) atoms. The molecule has 0 spiro atoms. The normalized spacial score (nSPS) is 17.0. The average Bonchev–Trinajstić information content (AvgIpc) is 3.39. The highest BCUT2D eigenvalue weighted by Gasteiger charge is 2.31. The lowest BCUT2D eigenvalue weighted by Gasteiger charge is -2.24. The van der Waals surface area contributed by atoms with Crippen molar-refractivity contribution in [1.82, 2.24) is 10.4 Å². The van der Waals surface area contributed by atoms with Gasteiger partial charge in [-0.05, 0) is 49.6 Å². The van der Waals surface area contributed by atoms with Crippen LogP contribution in [-0.4, -0.2) is 52.0 Å². The molecule has 1 amide bonds. The Hall–Kier alpha value is -3.95. The van der Waals surface area contributed by atoms with Gasteiger partial charge in [0.2, 0.25) is 5.91 Å². The fourth-order valence-corrected chi connectivity index (χ4v) is 3.44. The SMILES string of the molecule is CCCC=C(/C=C\N(C(C)=O)C1CCC(COC(=O)c2ccccc2)O1)NO.O=C(O)c1ccccc1. The van der Waals surface area contributed by atoms with Gasteiger partial charge >= 0.3 is 11.9 Å². The Labute approximate surface area is 217 Å². The van der Waals surface area contributed by atoms with Crippen molar-refractivity contribution >= 4 is 17.8 Å². The number of carboxylic acid groups (broad SMARTS) is 1. The first-order valence-corrected chi connectivity index (χ1v) is 12.1. The molecule has 2 aromatic carbocycles. The number of hydroxylamine groups is 1. The summed E-state index contributed by atoms with van der Waals surface area (Å²) in [6.45, 7) is 3.63. The quantitative estimate of drug-likeness (QED) is 0.237. The minimum atomic E-state index is -0.879. The van der Waals surface area contributed by atoms with Crippen molar-refractivity contribution in [2.45, 2.75) is 51.9 Å². The molecule has 9 nitrogen and oxygen atoms in total. The number of rotatable bonds is 10. The Morgan fingerprint density at radius 2 is 1.68 bits per heavy atom. The Morgan fingerprint density at radius 3 is 2.19 bits per heavy atom. The highest BCUT2D eigenvalue weighted by Crippen LogP contribution is 2.24. The summed E-state index contributed by atoms with van der Waals surface area (Å²) in [7, 11) is 0. The fourth-order valence-electron chi connectivity index (χ4n) is 3.44. The number of benzene rings is 2. The van der Waals surface area contributed by atoms with Crippen LogP contribution in [0.1, 0.15) is 60.2 Å². The zero-order valence-electron chi connectivity index (χ0n) is 21.1. The van der Waals surface area contributed by atoms with Crippen LogP contribution in [0.4, 0.5) is 0 Å². The van der Waals surface area contributed by atoms with Crippen molar-refractivity contribution in [1.29, 1.82) is 0 Å². The second-order valence-corrected chi connectivity index (χ2v) is 8.23. The molecule has 3 rings (SSSR count). The van der Waals surface area contributed by atoms with Crippen LogP contribution in [0.3, 0.4) is 0 Å². The summed E-state index contributed by atoms with van der Waals surface area (Å²) in [5.41, 5.74) is 3.46. The maximum Gasteiger partial charge on any atom is 0.338 e. The lowest BCUT2D eigenvalue weighted by atomic mass is 10.2. The number of carbonyl (C=O) groups is 3. The van der Waals surface area contributed by atoms with Crippen LogP contribution in [0.2, 0.25) is 0 Å². The maximum atomic E-state index is 12.0. The van der Waals surface area contributed by atoms with Crippen molar-refractivity contribution in [3.63, 3.8) is 0 Å². The molecule has 9 heteroatoms. The number of allylic oxidation sites excluding steroid dienone is 2. The van der Waals surface area contributed by atoms with E-state index in [1.165, 1.54) is 11.8 Å². The van der Waals surface area contributed by atoms with Gasteiger partial charge in [-0.1, -0.05) is 55.8 Å². The van der Waals surface area contributed by atoms with Gasteiger partial charge in [0.25, 0.3) is 0 Å². The number of amides is 1. The monoisotopic (exact) mass is 510 g/mol. The number of aromatic carboxylic acids is 1. The highest BCUT2D eigenvalue weighted by atomic mass is 16.6. The number of ether oxygens (including phenoxy) is 2. The van der Waals surface area contributed by atoms with Gasteiger partial charge in [-0.2, -0.15) is 0 Å². The van der Waals surface area contributed by atoms with Crippen LogP contribution in [-0.2, 0) is 14.3 Å². The third-order valence-electron chi connectivity index (χ3n) is 5.39. The molecule has 0 bridgehead atoms. The lowest BCUT2D eigenvalue weighted by molar-refractivity contribution is -0.138. The van der Waals surface area contributed by atoms with Gasteiger partial charge in [0.15, 0.2) is 0 Å². The summed E-state index contributed by atoms with van der Waals surface area (Å²) < 4.78 is 11.2. The van der Waals surface area contributed by atoms with E-state index < -0.39 is 18.2 Å². The summed E-state index contributed by atoms with van der Waals surface area (Å²) in [5.74, 6) is -1.44. The second-order valence-electron chi connectivity index (χ2n) is 8.23. The Morgan fingerprint density at radius 1 is 1.05 bits per heavy atom. The molecule has 0 radical (unpaired) electrons. The Kier molecular flexibility index (Phi) is 12.6. The third kappa shape index (κ3) is 10.3. The van der Waals surface area contributed by atoms with Gasteiger partial charge in [0, 0.05) is 13.1 Å². The van der Waals surface area contributed by atoms with Gasteiger partial charge in [-0.15, -0.1) is 0 Å². The van der Waals surface area contributed by atoms with E-state index in [1.54, 1.807) is 66.9 Å². The molecule has 2 unspecified atom stereocenters. The largest absolute Gasteiger partial charge is 0.478 e. The summed E-state index contributed by atoms with van der Waals surface area (Å²) >= 11 is 0. The molecule has 1 fully saturated rings. The number of carboxylic acids is 1. The minimum Gasteiger partial charge on any atom is -0.478 e. The molecule has 0 aromatic heterocycles. The van der Waals surface area contributed by atoms with Crippen LogP contribution in [0.5, 0.6) is 0 Å². The Bertz CT molecular complexity index is 1050. The summed E-state index contributed by atoms with van der Waals surface area (Å²) in [4.78, 5) is 35.7. The van der Waals surface area contributed by atoms with Crippen LogP contribution in [0.15, 0.2) is 84.7 Å². The second kappa shape index (κ2) is 15.9. The van der Waals surface area contributed by atoms with Gasteiger partial charge in [-0.25, -0.2) is 9.59 Å².